The Morgan fingerprint density at radius 2 is 1.58 bits per heavy atom. The van der Waals surface area contributed by atoms with Crippen molar-refractivity contribution in [3.63, 3.8) is 0 Å². The van der Waals surface area contributed by atoms with Gasteiger partial charge in [0.25, 0.3) is 0 Å². The lowest BCUT2D eigenvalue weighted by Gasteiger charge is -2.35. The van der Waals surface area contributed by atoms with Crippen LogP contribution in [0.2, 0.25) is 52.4 Å². The number of rotatable bonds is 10. The number of hydrogen-bond donors (Lipinski definition) is 0. The van der Waals surface area contributed by atoms with Crippen LogP contribution in [0.1, 0.15) is 0 Å². The highest BCUT2D eigenvalue weighted by atomic mass is 28.5. The van der Waals surface area contributed by atoms with Gasteiger partial charge in [-0.15, -0.1) is 0 Å². The normalized spacial score (nSPS) is 16.7. The van der Waals surface area contributed by atoms with Crippen LogP contribution in [-0.2, 0) is 21.2 Å². The third-order valence-electron chi connectivity index (χ3n) is 2.08. The Labute approximate surface area is 126 Å². The van der Waals surface area contributed by atoms with Gasteiger partial charge in [-0.2, -0.15) is 0 Å². The summed E-state index contributed by atoms with van der Waals surface area (Å²) in [5, 5.41) is 0. The monoisotopic (exact) mass is 358 g/mol. The average Bonchev–Trinajstić information content (AvgIpc) is 2.12. The molecule has 0 saturated carbocycles. The summed E-state index contributed by atoms with van der Waals surface area (Å²) in [5.41, 5.74) is 0. The topological polar surface area (TPSA) is 46.2 Å². The van der Waals surface area contributed by atoms with Crippen molar-refractivity contribution in [2.45, 2.75) is 52.4 Å². The van der Waals surface area contributed by atoms with Crippen LogP contribution >= 0.6 is 0 Å². The molecule has 0 radical (unpaired) electrons. The second kappa shape index (κ2) is 9.02. The van der Waals surface area contributed by atoms with Gasteiger partial charge in [0.1, 0.15) is 16.6 Å². The summed E-state index contributed by atoms with van der Waals surface area (Å²) >= 11 is 0. The highest BCUT2D eigenvalue weighted by Gasteiger charge is 2.42. The number of hydrogen-bond acceptors (Lipinski definition) is 5. The van der Waals surface area contributed by atoms with Gasteiger partial charge in [0.05, 0.1) is 0 Å². The Bertz CT molecular complexity index is 253. The molecule has 10 heteroatoms. The van der Waals surface area contributed by atoms with Crippen molar-refractivity contribution in [3.05, 3.63) is 0 Å². The average molecular weight is 359 g/mol. The summed E-state index contributed by atoms with van der Waals surface area (Å²) in [5.74, 6) is 0. The van der Waals surface area contributed by atoms with Gasteiger partial charge in [-0.3, -0.25) is 0 Å². The molecule has 0 aliphatic heterocycles. The molecule has 0 aliphatic carbocycles. The highest BCUT2D eigenvalue weighted by molar-refractivity contribution is 6.81. The van der Waals surface area contributed by atoms with Crippen LogP contribution in [0.5, 0.6) is 0 Å². The van der Waals surface area contributed by atoms with Crippen LogP contribution in [-0.4, -0.2) is 52.0 Å². The lowest BCUT2D eigenvalue weighted by Crippen LogP contribution is -2.54. The molecule has 0 unspecified atom stereocenters. The summed E-state index contributed by atoms with van der Waals surface area (Å²) in [6, 6.07) is 0. The molecule has 0 aromatic carbocycles. The van der Waals surface area contributed by atoms with E-state index >= 15 is 0 Å². The van der Waals surface area contributed by atoms with E-state index in [-0.39, 0.29) is 6.79 Å². The van der Waals surface area contributed by atoms with E-state index in [1.807, 2.05) is 6.55 Å². The maximum absolute atomic E-state index is 6.17. The maximum atomic E-state index is 6.17. The fraction of sp³-hybridized carbons (Fsp3) is 1.00. The SMILES string of the molecule is C[SiH2]O[Si@@](C)(OCO[SiH](C)C)O[Si](C)(C)O[SiH](C)C. The summed E-state index contributed by atoms with van der Waals surface area (Å²) in [6.45, 7) is 17.0. The van der Waals surface area contributed by atoms with Crippen molar-refractivity contribution in [2.24, 2.45) is 0 Å². The van der Waals surface area contributed by atoms with E-state index in [1.165, 1.54) is 0 Å². The molecule has 0 bridgehead atoms. The van der Waals surface area contributed by atoms with Crippen LogP contribution in [0.15, 0.2) is 0 Å². The Kier molecular flexibility index (Phi) is 9.43. The van der Waals surface area contributed by atoms with Crippen molar-refractivity contribution >= 4 is 45.2 Å². The molecular formula is C9H30O5Si5. The zero-order chi connectivity index (χ0) is 15.1. The summed E-state index contributed by atoms with van der Waals surface area (Å²) in [4.78, 5) is 0. The molecule has 0 rings (SSSR count). The zero-order valence-corrected chi connectivity index (χ0v) is 19.3. The molecule has 0 fully saturated rings. The van der Waals surface area contributed by atoms with Crippen molar-refractivity contribution in [1.82, 2.24) is 0 Å². The van der Waals surface area contributed by atoms with Crippen molar-refractivity contribution < 1.29 is 21.2 Å². The van der Waals surface area contributed by atoms with Gasteiger partial charge in [0.2, 0.25) is 0 Å². The maximum Gasteiger partial charge on any atom is 0.479 e. The molecule has 0 aromatic rings. The fourth-order valence-corrected chi connectivity index (χ4v) is 14.6. The van der Waals surface area contributed by atoms with Gasteiger partial charge in [-0.1, -0.05) is 6.55 Å². The van der Waals surface area contributed by atoms with E-state index < -0.39 is 45.2 Å². The van der Waals surface area contributed by atoms with Crippen molar-refractivity contribution in [2.75, 3.05) is 6.79 Å². The Morgan fingerprint density at radius 3 is 2.00 bits per heavy atom. The zero-order valence-electron chi connectivity index (χ0n) is 13.6. The van der Waals surface area contributed by atoms with Gasteiger partial charge in [-0.05, 0) is 39.3 Å². The quantitative estimate of drug-likeness (QED) is 0.436. The molecule has 1 atom stereocenters. The molecule has 0 heterocycles. The van der Waals surface area contributed by atoms with E-state index in [4.69, 9.17) is 21.2 Å². The third kappa shape index (κ3) is 10.3. The van der Waals surface area contributed by atoms with Crippen LogP contribution in [0.3, 0.4) is 0 Å². The first-order valence-electron chi connectivity index (χ1n) is 6.87. The molecule has 0 aliphatic rings. The van der Waals surface area contributed by atoms with Gasteiger partial charge < -0.3 is 21.2 Å². The summed E-state index contributed by atoms with van der Waals surface area (Å²) in [6.07, 6.45) is 0. The molecule has 0 N–H and O–H groups in total. The highest BCUT2D eigenvalue weighted by Crippen LogP contribution is 2.18. The van der Waals surface area contributed by atoms with E-state index in [2.05, 4.69) is 45.8 Å². The van der Waals surface area contributed by atoms with E-state index in [0.717, 1.165) is 0 Å². The van der Waals surface area contributed by atoms with Crippen molar-refractivity contribution in [3.8, 4) is 0 Å². The largest absolute Gasteiger partial charge is 0.479 e. The molecule has 0 aromatic heterocycles. The Morgan fingerprint density at radius 1 is 1.00 bits per heavy atom. The molecular weight excluding hydrogens is 329 g/mol. The first-order valence-corrected chi connectivity index (χ1v) is 19.5. The van der Waals surface area contributed by atoms with Crippen LogP contribution in [0, 0.1) is 0 Å². The van der Waals surface area contributed by atoms with Crippen molar-refractivity contribution in [1.29, 1.82) is 0 Å². The lowest BCUT2D eigenvalue weighted by atomic mass is 11.6. The van der Waals surface area contributed by atoms with Gasteiger partial charge in [-0.25, -0.2) is 0 Å². The van der Waals surface area contributed by atoms with Crippen LogP contribution in [0.4, 0.5) is 0 Å². The van der Waals surface area contributed by atoms with Gasteiger partial charge in [0, 0.05) is 6.55 Å². The molecule has 5 nitrogen and oxygen atoms in total. The van der Waals surface area contributed by atoms with Gasteiger partial charge in [0.15, 0.2) is 18.1 Å². The summed E-state index contributed by atoms with van der Waals surface area (Å²) in [7, 11) is -7.54. The first kappa shape index (κ1) is 19.9. The second-order valence-corrected chi connectivity index (χ2v) is 18.3. The Hall–Kier alpha value is 0.884. The smallest absolute Gasteiger partial charge is 0.439 e. The second-order valence-electron chi connectivity index (χ2n) is 5.44. The summed E-state index contributed by atoms with van der Waals surface area (Å²) < 4.78 is 29.4. The molecule has 19 heavy (non-hydrogen) atoms. The van der Waals surface area contributed by atoms with E-state index in [9.17, 15) is 0 Å². The van der Waals surface area contributed by atoms with E-state index in [1.54, 1.807) is 0 Å². The molecule has 0 spiro atoms. The minimum absolute atomic E-state index is 0.282. The third-order valence-corrected chi connectivity index (χ3v) is 14.4. The Balaban J connectivity index is 4.50. The molecule has 116 valence electrons. The minimum atomic E-state index is -2.60. The molecule has 0 saturated heterocycles. The predicted molar refractivity (Wildman–Crippen MR) is 91.6 cm³/mol. The minimum Gasteiger partial charge on any atom is -0.439 e. The van der Waals surface area contributed by atoms with Crippen LogP contribution in [0.25, 0.3) is 0 Å². The first-order chi connectivity index (χ1) is 8.60. The predicted octanol–water partition coefficient (Wildman–Crippen LogP) is 1.40. The lowest BCUT2D eigenvalue weighted by molar-refractivity contribution is 0.0584. The van der Waals surface area contributed by atoms with Crippen LogP contribution < -0.4 is 0 Å². The van der Waals surface area contributed by atoms with Gasteiger partial charge >= 0.3 is 17.4 Å². The fourth-order valence-electron chi connectivity index (χ4n) is 1.68. The molecule has 0 amide bonds. The standard InChI is InChI=1S/C9H30O5Si5/c1-15-12-19(8,11-9-10-16(2)3)14-18(6,7)13-17(4)5/h16-17H,9,15H2,1-8H3/t19-/m1/s1. The van der Waals surface area contributed by atoms with E-state index in [0.29, 0.717) is 0 Å².